The first-order chi connectivity index (χ1) is 6.11. The zero-order valence-corrected chi connectivity index (χ0v) is 7.75. The average Bonchev–Trinajstić information content (AvgIpc) is 2.13. The third kappa shape index (κ3) is 2.00. The molecule has 5 heteroatoms. The summed E-state index contributed by atoms with van der Waals surface area (Å²) in [7, 11) is 1.48. The van der Waals surface area contributed by atoms with Crippen LogP contribution in [0.15, 0.2) is 0 Å². The van der Waals surface area contributed by atoms with Gasteiger partial charge in [-0.15, -0.1) is 0 Å². The van der Waals surface area contributed by atoms with Crippen molar-refractivity contribution in [1.29, 1.82) is 0 Å². The van der Waals surface area contributed by atoms with Crippen molar-refractivity contribution in [3.63, 3.8) is 0 Å². The number of aliphatic hydroxyl groups is 3. The number of methoxy groups -OCH3 is 1. The summed E-state index contributed by atoms with van der Waals surface area (Å²) in [4.78, 5) is 0. The molecule has 3 N–H and O–H groups in total. The quantitative estimate of drug-likeness (QED) is 0.507. The predicted octanol–water partition coefficient (Wildman–Crippen LogP) is -1.29. The van der Waals surface area contributed by atoms with Crippen LogP contribution < -0.4 is 0 Å². The fraction of sp³-hybridized carbons (Fsp3) is 1.00. The molecule has 0 aromatic heterocycles. The van der Waals surface area contributed by atoms with Gasteiger partial charge in [0.2, 0.25) is 0 Å². The van der Waals surface area contributed by atoms with Gasteiger partial charge in [0, 0.05) is 13.0 Å². The van der Waals surface area contributed by atoms with Gasteiger partial charge in [0.05, 0.1) is 12.7 Å². The van der Waals surface area contributed by atoms with Crippen LogP contribution in [0.25, 0.3) is 0 Å². The van der Waals surface area contributed by atoms with Crippen LogP contribution >= 0.6 is 0 Å². The van der Waals surface area contributed by atoms with E-state index in [2.05, 4.69) is 0 Å². The number of aliphatic hydroxyl groups excluding tert-OH is 3. The van der Waals surface area contributed by atoms with Gasteiger partial charge < -0.3 is 24.8 Å². The molecule has 5 nitrogen and oxygen atoms in total. The van der Waals surface area contributed by atoms with Gasteiger partial charge in [-0.25, -0.2) is 0 Å². The predicted molar refractivity (Wildman–Crippen MR) is 43.9 cm³/mol. The molecule has 5 unspecified atom stereocenters. The second-order valence-corrected chi connectivity index (χ2v) is 3.30. The van der Waals surface area contributed by atoms with Gasteiger partial charge >= 0.3 is 0 Å². The Balaban J connectivity index is 2.69. The lowest BCUT2D eigenvalue weighted by molar-refractivity contribution is -0.275. The Bertz CT molecular complexity index is 161. The van der Waals surface area contributed by atoms with Crippen molar-refractivity contribution >= 4 is 0 Å². The topological polar surface area (TPSA) is 79.2 Å². The van der Waals surface area contributed by atoms with Gasteiger partial charge in [0.1, 0.15) is 12.2 Å². The molecule has 0 saturated carbocycles. The largest absolute Gasteiger partial charge is 0.394 e. The molecule has 0 bridgehead atoms. The van der Waals surface area contributed by atoms with E-state index in [4.69, 9.17) is 14.6 Å². The van der Waals surface area contributed by atoms with Crippen LogP contribution in [-0.2, 0) is 9.47 Å². The Kier molecular flexibility index (Phi) is 3.63. The molecular formula is C8H16O5. The fourth-order valence-corrected chi connectivity index (χ4v) is 1.64. The van der Waals surface area contributed by atoms with Crippen molar-refractivity contribution in [1.82, 2.24) is 0 Å². The molecule has 13 heavy (non-hydrogen) atoms. The summed E-state index contributed by atoms with van der Waals surface area (Å²) in [5.41, 5.74) is 0. The first-order valence-corrected chi connectivity index (χ1v) is 4.27. The van der Waals surface area contributed by atoms with Gasteiger partial charge in [-0.1, -0.05) is 6.92 Å². The van der Waals surface area contributed by atoms with Gasteiger partial charge in [0.25, 0.3) is 0 Å². The maximum Gasteiger partial charge on any atom is 0.181 e. The monoisotopic (exact) mass is 192 g/mol. The SMILES string of the molecule is COC1C(CO)OC(O)C(O)C1C. The van der Waals surface area contributed by atoms with Crippen molar-refractivity contribution in [2.75, 3.05) is 13.7 Å². The number of hydrogen-bond acceptors (Lipinski definition) is 5. The number of rotatable bonds is 2. The molecule has 78 valence electrons. The highest BCUT2D eigenvalue weighted by Crippen LogP contribution is 2.26. The van der Waals surface area contributed by atoms with Crippen LogP contribution in [0.2, 0.25) is 0 Å². The van der Waals surface area contributed by atoms with Crippen LogP contribution in [0.4, 0.5) is 0 Å². The van der Waals surface area contributed by atoms with E-state index in [0.29, 0.717) is 0 Å². The zero-order chi connectivity index (χ0) is 10.0. The molecule has 0 aromatic carbocycles. The van der Waals surface area contributed by atoms with Crippen molar-refractivity contribution in [2.24, 2.45) is 5.92 Å². The van der Waals surface area contributed by atoms with Gasteiger partial charge in [-0.3, -0.25) is 0 Å². The molecule has 1 saturated heterocycles. The Labute approximate surface area is 76.9 Å². The standard InChI is InChI=1S/C8H16O5/c1-4-6(10)8(11)13-5(3-9)7(4)12-2/h4-11H,3H2,1-2H3. The highest BCUT2D eigenvalue weighted by Gasteiger charge is 2.41. The highest BCUT2D eigenvalue weighted by molar-refractivity contribution is 4.86. The molecular weight excluding hydrogens is 176 g/mol. The summed E-state index contributed by atoms with van der Waals surface area (Å²) in [6.45, 7) is 1.51. The summed E-state index contributed by atoms with van der Waals surface area (Å²) in [6, 6.07) is 0. The van der Waals surface area contributed by atoms with Crippen molar-refractivity contribution in [3.8, 4) is 0 Å². The average molecular weight is 192 g/mol. The Hall–Kier alpha value is -0.200. The molecule has 0 radical (unpaired) electrons. The summed E-state index contributed by atoms with van der Waals surface area (Å²) in [6.07, 6.45) is -3.16. The molecule has 1 fully saturated rings. The van der Waals surface area contributed by atoms with Crippen LogP contribution in [-0.4, -0.2) is 53.6 Å². The van der Waals surface area contributed by atoms with E-state index in [9.17, 15) is 10.2 Å². The van der Waals surface area contributed by atoms with E-state index in [1.54, 1.807) is 6.92 Å². The lowest BCUT2D eigenvalue weighted by Crippen LogP contribution is -2.54. The van der Waals surface area contributed by atoms with Crippen LogP contribution in [0.5, 0.6) is 0 Å². The number of ether oxygens (including phenoxy) is 2. The number of hydrogen-bond donors (Lipinski definition) is 3. The summed E-state index contributed by atoms with van der Waals surface area (Å²) in [5, 5.41) is 27.6. The molecule has 0 amide bonds. The normalized spacial score (nSPS) is 46.4. The van der Waals surface area contributed by atoms with E-state index in [1.807, 2.05) is 0 Å². The van der Waals surface area contributed by atoms with Crippen LogP contribution in [0.3, 0.4) is 0 Å². The lowest BCUT2D eigenvalue weighted by atomic mass is 9.91. The van der Waals surface area contributed by atoms with Crippen LogP contribution in [0.1, 0.15) is 6.92 Å². The first kappa shape index (κ1) is 10.9. The van der Waals surface area contributed by atoms with Crippen molar-refractivity contribution in [3.05, 3.63) is 0 Å². The third-order valence-electron chi connectivity index (χ3n) is 2.48. The molecule has 0 spiro atoms. The molecule has 1 aliphatic rings. The van der Waals surface area contributed by atoms with Crippen LogP contribution in [0, 0.1) is 5.92 Å². The zero-order valence-electron chi connectivity index (χ0n) is 7.75. The smallest absolute Gasteiger partial charge is 0.181 e. The van der Waals surface area contributed by atoms with E-state index in [0.717, 1.165) is 0 Å². The molecule has 1 heterocycles. The third-order valence-corrected chi connectivity index (χ3v) is 2.48. The lowest BCUT2D eigenvalue weighted by Gasteiger charge is -2.40. The van der Waals surface area contributed by atoms with Gasteiger partial charge in [-0.05, 0) is 0 Å². The van der Waals surface area contributed by atoms with E-state index < -0.39 is 18.5 Å². The minimum atomic E-state index is -1.24. The van der Waals surface area contributed by atoms with Gasteiger partial charge in [0.15, 0.2) is 6.29 Å². The molecule has 1 aliphatic heterocycles. The first-order valence-electron chi connectivity index (χ1n) is 4.27. The summed E-state index contributed by atoms with van der Waals surface area (Å²) in [5.74, 6) is -0.258. The van der Waals surface area contributed by atoms with E-state index >= 15 is 0 Å². The summed E-state index contributed by atoms with van der Waals surface area (Å²) >= 11 is 0. The summed E-state index contributed by atoms with van der Waals surface area (Å²) < 4.78 is 10.0. The Morgan fingerprint density at radius 2 is 2.00 bits per heavy atom. The minimum Gasteiger partial charge on any atom is -0.394 e. The molecule has 1 rings (SSSR count). The molecule has 5 atom stereocenters. The second kappa shape index (κ2) is 4.34. The second-order valence-electron chi connectivity index (χ2n) is 3.30. The fourth-order valence-electron chi connectivity index (χ4n) is 1.64. The Morgan fingerprint density at radius 3 is 2.46 bits per heavy atom. The van der Waals surface area contributed by atoms with Crippen molar-refractivity contribution in [2.45, 2.75) is 31.5 Å². The maximum absolute atomic E-state index is 9.42. The van der Waals surface area contributed by atoms with E-state index in [1.165, 1.54) is 7.11 Å². The highest BCUT2D eigenvalue weighted by atomic mass is 16.6. The van der Waals surface area contributed by atoms with E-state index in [-0.39, 0.29) is 18.6 Å². The minimum absolute atomic E-state index is 0.230. The van der Waals surface area contributed by atoms with Crippen molar-refractivity contribution < 1.29 is 24.8 Å². The molecule has 0 aromatic rings. The molecule has 0 aliphatic carbocycles. The van der Waals surface area contributed by atoms with Gasteiger partial charge in [-0.2, -0.15) is 0 Å². The maximum atomic E-state index is 9.42. The Morgan fingerprint density at radius 1 is 1.38 bits per heavy atom.